The Labute approximate surface area is 204 Å². The molecule has 34 heavy (non-hydrogen) atoms. The zero-order valence-corrected chi connectivity index (χ0v) is 20.6. The van der Waals surface area contributed by atoms with E-state index >= 15 is 0 Å². The number of amides is 1. The van der Waals surface area contributed by atoms with Gasteiger partial charge in [-0.1, -0.05) is 36.7 Å². The molecular weight excluding hydrogens is 448 g/mol. The molecule has 1 fully saturated rings. The van der Waals surface area contributed by atoms with E-state index in [1.807, 2.05) is 37.3 Å². The molecule has 1 aromatic heterocycles. The highest BCUT2D eigenvalue weighted by Crippen LogP contribution is 2.23. The van der Waals surface area contributed by atoms with E-state index in [1.165, 1.54) is 43.1 Å². The van der Waals surface area contributed by atoms with Crippen LogP contribution in [0.5, 0.6) is 0 Å². The average molecular weight is 481 g/mol. The van der Waals surface area contributed by atoms with Crippen molar-refractivity contribution in [3.63, 3.8) is 0 Å². The lowest BCUT2D eigenvalue weighted by Gasteiger charge is -2.22. The highest BCUT2D eigenvalue weighted by molar-refractivity contribution is 7.99. The summed E-state index contributed by atoms with van der Waals surface area (Å²) in [7, 11) is 1.61. The number of nitrogens with one attached hydrogen (secondary N) is 1. The minimum atomic E-state index is -0.202. The minimum Gasteiger partial charge on any atom is -0.383 e. The third-order valence-corrected chi connectivity index (χ3v) is 7.03. The van der Waals surface area contributed by atoms with Gasteiger partial charge < -0.3 is 15.0 Å². The van der Waals surface area contributed by atoms with Gasteiger partial charge in [0.25, 0.3) is 5.56 Å². The number of fused-ring (bicyclic) bond motifs is 1. The van der Waals surface area contributed by atoms with E-state index in [0.717, 1.165) is 18.8 Å². The predicted molar refractivity (Wildman–Crippen MR) is 139 cm³/mol. The molecule has 0 radical (unpaired) electrons. The van der Waals surface area contributed by atoms with Crippen LogP contribution in [-0.4, -0.2) is 48.0 Å². The van der Waals surface area contributed by atoms with E-state index in [4.69, 9.17) is 4.74 Å². The number of hydrogen-bond donors (Lipinski definition) is 1. The van der Waals surface area contributed by atoms with Crippen LogP contribution < -0.4 is 15.8 Å². The first kappa shape index (κ1) is 24.3. The lowest BCUT2D eigenvalue weighted by atomic mass is 10.2. The highest BCUT2D eigenvalue weighted by Gasteiger charge is 2.18. The lowest BCUT2D eigenvalue weighted by molar-refractivity contribution is -0.113. The normalized spacial score (nSPS) is 15.2. The standard InChI is InChI=1S/C26H32N4O3S/c1-19(17-33-2)30-25(32)22-9-5-6-10-23(22)28-26(30)34-18-24(31)27-20-11-13-21(14-12-20)29-15-7-3-4-8-16-29/h5-6,9-14,19H,3-4,7-8,15-18H2,1-2H3,(H,27,31). The third-order valence-electron chi connectivity index (χ3n) is 6.08. The molecule has 180 valence electrons. The Morgan fingerprint density at radius 2 is 1.79 bits per heavy atom. The van der Waals surface area contributed by atoms with Crippen LogP contribution in [0.3, 0.4) is 0 Å². The first-order valence-electron chi connectivity index (χ1n) is 11.8. The second-order valence-corrected chi connectivity index (χ2v) is 9.62. The van der Waals surface area contributed by atoms with Crippen LogP contribution >= 0.6 is 11.8 Å². The third kappa shape index (κ3) is 5.80. The maximum Gasteiger partial charge on any atom is 0.262 e. The Morgan fingerprint density at radius 3 is 2.50 bits per heavy atom. The molecule has 1 unspecified atom stereocenters. The summed E-state index contributed by atoms with van der Waals surface area (Å²) in [6.07, 6.45) is 5.05. The van der Waals surface area contributed by atoms with Crippen molar-refractivity contribution >= 4 is 39.9 Å². The number of aromatic nitrogens is 2. The van der Waals surface area contributed by atoms with Crippen molar-refractivity contribution in [2.45, 2.75) is 43.8 Å². The molecule has 1 N–H and O–H groups in total. The molecule has 7 nitrogen and oxygen atoms in total. The zero-order chi connectivity index (χ0) is 23.9. The molecule has 3 aromatic rings. The van der Waals surface area contributed by atoms with Gasteiger partial charge in [-0.05, 0) is 56.2 Å². The van der Waals surface area contributed by atoms with Crippen molar-refractivity contribution in [1.82, 2.24) is 9.55 Å². The number of para-hydroxylation sites is 1. The molecular formula is C26H32N4O3S. The van der Waals surface area contributed by atoms with Gasteiger partial charge in [-0.25, -0.2) is 4.98 Å². The molecule has 1 saturated heterocycles. The number of nitrogens with zero attached hydrogens (tertiary/aromatic N) is 3. The van der Waals surface area contributed by atoms with Gasteiger partial charge in [0.15, 0.2) is 5.16 Å². The monoisotopic (exact) mass is 480 g/mol. The molecule has 4 rings (SSSR count). The van der Waals surface area contributed by atoms with Crippen molar-refractivity contribution in [1.29, 1.82) is 0 Å². The van der Waals surface area contributed by atoms with Gasteiger partial charge >= 0.3 is 0 Å². The Balaban J connectivity index is 1.44. The molecule has 1 aliphatic rings. The van der Waals surface area contributed by atoms with E-state index in [2.05, 4.69) is 27.3 Å². The molecule has 0 saturated carbocycles. The number of thioether (sulfide) groups is 1. The van der Waals surface area contributed by atoms with Gasteiger partial charge in [-0.2, -0.15) is 0 Å². The number of carbonyl (C=O) groups is 1. The number of carbonyl (C=O) groups excluding carboxylic acids is 1. The van der Waals surface area contributed by atoms with Gasteiger partial charge in [0, 0.05) is 31.6 Å². The van der Waals surface area contributed by atoms with Gasteiger partial charge in [0.05, 0.1) is 29.3 Å². The molecule has 1 atom stereocenters. The maximum atomic E-state index is 13.1. The molecule has 0 aliphatic carbocycles. The number of anilines is 2. The predicted octanol–water partition coefficient (Wildman–Crippen LogP) is 4.72. The quantitative estimate of drug-likeness (QED) is 0.372. The van der Waals surface area contributed by atoms with E-state index in [1.54, 1.807) is 17.7 Å². The summed E-state index contributed by atoms with van der Waals surface area (Å²) in [4.78, 5) is 32.9. The summed E-state index contributed by atoms with van der Waals surface area (Å²) in [5.74, 6) is 0.0131. The zero-order valence-electron chi connectivity index (χ0n) is 19.8. The molecule has 1 aliphatic heterocycles. The van der Waals surface area contributed by atoms with E-state index in [-0.39, 0.29) is 23.3 Å². The fraction of sp³-hybridized carbons (Fsp3) is 0.423. The summed E-state index contributed by atoms with van der Waals surface area (Å²) >= 11 is 1.26. The fourth-order valence-corrected chi connectivity index (χ4v) is 5.24. The summed E-state index contributed by atoms with van der Waals surface area (Å²) < 4.78 is 6.89. The van der Waals surface area contributed by atoms with Gasteiger partial charge in [-0.15, -0.1) is 0 Å². The summed E-state index contributed by atoms with van der Waals surface area (Å²) in [5, 5.41) is 4.03. The molecule has 0 bridgehead atoms. The van der Waals surface area contributed by atoms with Crippen LogP contribution in [0.15, 0.2) is 58.5 Å². The van der Waals surface area contributed by atoms with Crippen molar-refractivity contribution in [2.24, 2.45) is 0 Å². The van der Waals surface area contributed by atoms with Crippen LogP contribution in [0.25, 0.3) is 10.9 Å². The topological polar surface area (TPSA) is 76.5 Å². The molecule has 1 amide bonds. The van der Waals surface area contributed by atoms with E-state index in [0.29, 0.717) is 22.7 Å². The number of rotatable bonds is 8. The van der Waals surface area contributed by atoms with Crippen LogP contribution in [0.1, 0.15) is 38.6 Å². The fourth-order valence-electron chi connectivity index (χ4n) is 4.34. The Kier molecular flexibility index (Phi) is 8.24. The lowest BCUT2D eigenvalue weighted by Crippen LogP contribution is -2.29. The van der Waals surface area contributed by atoms with Crippen molar-refractivity contribution in [3.8, 4) is 0 Å². The number of hydrogen-bond acceptors (Lipinski definition) is 6. The highest BCUT2D eigenvalue weighted by atomic mass is 32.2. The van der Waals surface area contributed by atoms with Crippen molar-refractivity contribution in [2.75, 3.05) is 42.8 Å². The van der Waals surface area contributed by atoms with Gasteiger partial charge in [0.1, 0.15) is 0 Å². The molecule has 0 spiro atoms. The van der Waals surface area contributed by atoms with Gasteiger partial charge in [-0.3, -0.25) is 14.2 Å². The number of methoxy groups -OCH3 is 1. The Morgan fingerprint density at radius 1 is 1.09 bits per heavy atom. The summed E-state index contributed by atoms with van der Waals surface area (Å²) in [6, 6.07) is 15.1. The SMILES string of the molecule is COCC(C)n1c(SCC(=O)Nc2ccc(N3CCCCCC3)cc2)nc2ccccc2c1=O. The first-order valence-corrected chi connectivity index (χ1v) is 12.8. The average Bonchev–Trinajstić information content (AvgIpc) is 3.13. The van der Waals surface area contributed by atoms with Crippen LogP contribution in [0.2, 0.25) is 0 Å². The number of ether oxygens (including phenoxy) is 1. The molecule has 2 aromatic carbocycles. The van der Waals surface area contributed by atoms with Crippen LogP contribution in [-0.2, 0) is 9.53 Å². The van der Waals surface area contributed by atoms with Crippen molar-refractivity contribution in [3.05, 3.63) is 58.9 Å². The smallest absolute Gasteiger partial charge is 0.262 e. The first-order chi connectivity index (χ1) is 16.6. The number of benzene rings is 2. The van der Waals surface area contributed by atoms with Crippen molar-refractivity contribution < 1.29 is 9.53 Å². The summed E-state index contributed by atoms with van der Waals surface area (Å²) in [6.45, 7) is 4.47. The maximum absolute atomic E-state index is 13.1. The van der Waals surface area contributed by atoms with E-state index in [9.17, 15) is 9.59 Å². The molecule has 2 heterocycles. The van der Waals surface area contributed by atoms with Crippen LogP contribution in [0, 0.1) is 0 Å². The summed E-state index contributed by atoms with van der Waals surface area (Å²) in [5.41, 5.74) is 2.47. The Hall–Kier alpha value is -2.84. The second-order valence-electron chi connectivity index (χ2n) is 8.68. The molecule has 8 heteroatoms. The Bertz CT molecular complexity index is 1170. The second kappa shape index (κ2) is 11.5. The van der Waals surface area contributed by atoms with E-state index < -0.39 is 0 Å². The largest absolute Gasteiger partial charge is 0.383 e. The van der Waals surface area contributed by atoms with Gasteiger partial charge in [0.2, 0.25) is 5.91 Å². The van der Waals surface area contributed by atoms with Crippen LogP contribution in [0.4, 0.5) is 11.4 Å². The minimum absolute atomic E-state index is 0.123.